The van der Waals surface area contributed by atoms with E-state index in [2.05, 4.69) is 10.6 Å². The van der Waals surface area contributed by atoms with E-state index in [4.69, 9.17) is 11.5 Å². The highest BCUT2D eigenvalue weighted by Gasteiger charge is 2.14. The third-order valence-corrected chi connectivity index (χ3v) is 4.48. The van der Waals surface area contributed by atoms with Crippen molar-refractivity contribution in [2.75, 3.05) is 22.1 Å². The molecule has 0 unspecified atom stereocenters. The molecule has 0 radical (unpaired) electrons. The van der Waals surface area contributed by atoms with Crippen molar-refractivity contribution < 1.29 is 9.59 Å². The zero-order valence-electron chi connectivity index (χ0n) is 15.7. The van der Waals surface area contributed by atoms with Gasteiger partial charge in [0, 0.05) is 22.7 Å². The molecular formula is C22H22N4O2. The van der Waals surface area contributed by atoms with Crippen LogP contribution in [0.15, 0.2) is 60.7 Å². The van der Waals surface area contributed by atoms with Gasteiger partial charge in [0.05, 0.1) is 11.1 Å². The Bertz CT molecular complexity index is 975. The Hall–Kier alpha value is -3.80. The summed E-state index contributed by atoms with van der Waals surface area (Å²) < 4.78 is 0. The molecule has 6 N–H and O–H groups in total. The lowest BCUT2D eigenvalue weighted by molar-refractivity contribution is 0.101. The standard InChI is InChI=1S/C22H22N4O2/c1-13-11-20(26-22(28)16-8-4-6-10-18(16)24)14(2)12-19(13)25-21(27)15-7-3-5-9-17(15)23/h3-12H,23-24H2,1-2H3,(H,25,27)(H,26,28). The third-order valence-electron chi connectivity index (χ3n) is 4.48. The Morgan fingerprint density at radius 2 is 1.04 bits per heavy atom. The van der Waals surface area contributed by atoms with Crippen molar-refractivity contribution in [3.8, 4) is 0 Å². The van der Waals surface area contributed by atoms with Crippen LogP contribution in [0.25, 0.3) is 0 Å². The second kappa shape index (κ2) is 7.84. The van der Waals surface area contributed by atoms with Crippen LogP contribution < -0.4 is 22.1 Å². The molecule has 0 heterocycles. The van der Waals surface area contributed by atoms with Gasteiger partial charge in [-0.15, -0.1) is 0 Å². The molecule has 0 aliphatic heterocycles. The fourth-order valence-electron chi connectivity index (χ4n) is 2.87. The number of nitrogen functional groups attached to an aromatic ring is 2. The fraction of sp³-hybridized carbons (Fsp3) is 0.0909. The van der Waals surface area contributed by atoms with Crippen LogP contribution in [-0.2, 0) is 0 Å². The van der Waals surface area contributed by atoms with Crippen LogP contribution in [0.3, 0.4) is 0 Å². The van der Waals surface area contributed by atoms with Crippen molar-refractivity contribution in [1.82, 2.24) is 0 Å². The van der Waals surface area contributed by atoms with Crippen molar-refractivity contribution in [2.24, 2.45) is 0 Å². The van der Waals surface area contributed by atoms with Crippen LogP contribution in [0.1, 0.15) is 31.8 Å². The lowest BCUT2D eigenvalue weighted by Gasteiger charge is -2.15. The number of hydrogen-bond donors (Lipinski definition) is 4. The molecule has 0 saturated heterocycles. The summed E-state index contributed by atoms with van der Waals surface area (Å²) in [4.78, 5) is 25.0. The Morgan fingerprint density at radius 3 is 1.39 bits per heavy atom. The van der Waals surface area contributed by atoms with E-state index < -0.39 is 0 Å². The first-order chi connectivity index (χ1) is 13.4. The van der Waals surface area contributed by atoms with Gasteiger partial charge in [-0.3, -0.25) is 9.59 Å². The van der Waals surface area contributed by atoms with E-state index in [1.807, 2.05) is 26.0 Å². The molecule has 0 fully saturated rings. The number of amides is 2. The van der Waals surface area contributed by atoms with Crippen LogP contribution in [0.5, 0.6) is 0 Å². The Labute approximate surface area is 163 Å². The first-order valence-electron chi connectivity index (χ1n) is 8.79. The molecule has 3 aromatic rings. The average Bonchev–Trinajstić information content (AvgIpc) is 2.66. The third kappa shape index (κ3) is 3.96. The number of nitrogens with one attached hydrogen (secondary N) is 2. The van der Waals surface area contributed by atoms with Crippen molar-refractivity contribution in [1.29, 1.82) is 0 Å². The first kappa shape index (κ1) is 19.0. The number of carbonyl (C=O) groups excluding carboxylic acids is 2. The molecule has 0 aliphatic carbocycles. The molecule has 0 aliphatic rings. The topological polar surface area (TPSA) is 110 Å². The highest BCUT2D eigenvalue weighted by atomic mass is 16.2. The molecule has 142 valence electrons. The van der Waals surface area contributed by atoms with E-state index in [0.29, 0.717) is 33.9 Å². The van der Waals surface area contributed by atoms with E-state index in [0.717, 1.165) is 11.1 Å². The summed E-state index contributed by atoms with van der Waals surface area (Å²) in [6.07, 6.45) is 0. The summed E-state index contributed by atoms with van der Waals surface area (Å²) in [7, 11) is 0. The SMILES string of the molecule is Cc1cc(NC(=O)c2ccccc2N)c(C)cc1NC(=O)c1ccccc1N. The number of hydrogen-bond acceptors (Lipinski definition) is 4. The zero-order valence-corrected chi connectivity index (χ0v) is 15.7. The maximum atomic E-state index is 12.5. The molecular weight excluding hydrogens is 352 g/mol. The summed E-state index contributed by atoms with van der Waals surface area (Å²) in [6, 6.07) is 17.4. The molecule has 0 atom stereocenters. The molecule has 3 aromatic carbocycles. The molecule has 6 heteroatoms. The quantitative estimate of drug-likeness (QED) is 0.518. The van der Waals surface area contributed by atoms with Gasteiger partial charge in [0.1, 0.15) is 0 Å². The summed E-state index contributed by atoms with van der Waals surface area (Å²) in [5.41, 5.74) is 16.3. The van der Waals surface area contributed by atoms with Crippen molar-refractivity contribution in [3.05, 3.63) is 82.9 Å². The van der Waals surface area contributed by atoms with Crippen LogP contribution in [0.4, 0.5) is 22.7 Å². The van der Waals surface area contributed by atoms with E-state index in [9.17, 15) is 9.59 Å². The van der Waals surface area contributed by atoms with Gasteiger partial charge < -0.3 is 22.1 Å². The minimum absolute atomic E-state index is 0.283. The predicted molar refractivity (Wildman–Crippen MR) is 114 cm³/mol. The summed E-state index contributed by atoms with van der Waals surface area (Å²) in [5, 5.41) is 5.76. The summed E-state index contributed by atoms with van der Waals surface area (Å²) >= 11 is 0. The highest BCUT2D eigenvalue weighted by Crippen LogP contribution is 2.26. The molecule has 3 rings (SSSR count). The molecule has 0 aromatic heterocycles. The highest BCUT2D eigenvalue weighted by molar-refractivity contribution is 6.09. The monoisotopic (exact) mass is 374 g/mol. The van der Waals surface area contributed by atoms with Crippen LogP contribution >= 0.6 is 0 Å². The van der Waals surface area contributed by atoms with Gasteiger partial charge in [-0.25, -0.2) is 0 Å². The van der Waals surface area contributed by atoms with Crippen LogP contribution in [0, 0.1) is 13.8 Å². The fourth-order valence-corrected chi connectivity index (χ4v) is 2.87. The van der Waals surface area contributed by atoms with Crippen molar-refractivity contribution in [3.63, 3.8) is 0 Å². The van der Waals surface area contributed by atoms with Gasteiger partial charge in [-0.1, -0.05) is 24.3 Å². The normalized spacial score (nSPS) is 10.4. The van der Waals surface area contributed by atoms with Gasteiger partial charge in [-0.2, -0.15) is 0 Å². The molecule has 28 heavy (non-hydrogen) atoms. The Morgan fingerprint density at radius 1 is 0.679 bits per heavy atom. The largest absolute Gasteiger partial charge is 0.398 e. The van der Waals surface area contributed by atoms with E-state index >= 15 is 0 Å². The molecule has 2 amide bonds. The maximum absolute atomic E-state index is 12.5. The van der Waals surface area contributed by atoms with Gasteiger partial charge in [0.15, 0.2) is 0 Å². The minimum atomic E-state index is -0.283. The number of carbonyl (C=O) groups is 2. The Kier molecular flexibility index (Phi) is 5.31. The lowest BCUT2D eigenvalue weighted by Crippen LogP contribution is -2.17. The first-order valence-corrected chi connectivity index (χ1v) is 8.79. The number of para-hydroxylation sites is 2. The molecule has 0 saturated carbocycles. The molecule has 0 bridgehead atoms. The second-order valence-electron chi connectivity index (χ2n) is 6.56. The van der Waals surface area contributed by atoms with E-state index in [-0.39, 0.29) is 11.8 Å². The number of aryl methyl sites for hydroxylation is 2. The molecule has 0 spiro atoms. The van der Waals surface area contributed by atoms with Gasteiger partial charge >= 0.3 is 0 Å². The predicted octanol–water partition coefficient (Wildman–Crippen LogP) is 3.97. The number of anilines is 4. The Balaban J connectivity index is 1.81. The second-order valence-corrected chi connectivity index (χ2v) is 6.56. The maximum Gasteiger partial charge on any atom is 0.257 e. The lowest BCUT2D eigenvalue weighted by atomic mass is 10.1. The van der Waals surface area contributed by atoms with Gasteiger partial charge in [0.2, 0.25) is 0 Å². The van der Waals surface area contributed by atoms with Crippen molar-refractivity contribution >= 4 is 34.6 Å². The summed E-state index contributed by atoms with van der Waals surface area (Å²) in [6.45, 7) is 3.71. The number of rotatable bonds is 4. The average molecular weight is 374 g/mol. The molecule has 6 nitrogen and oxygen atoms in total. The summed E-state index contributed by atoms with van der Waals surface area (Å²) in [5.74, 6) is -0.566. The van der Waals surface area contributed by atoms with Crippen LogP contribution in [-0.4, -0.2) is 11.8 Å². The van der Waals surface area contributed by atoms with Crippen LogP contribution in [0.2, 0.25) is 0 Å². The van der Waals surface area contributed by atoms with Crippen molar-refractivity contribution in [2.45, 2.75) is 13.8 Å². The smallest absolute Gasteiger partial charge is 0.257 e. The van der Waals surface area contributed by atoms with E-state index in [1.54, 1.807) is 48.5 Å². The minimum Gasteiger partial charge on any atom is -0.398 e. The van der Waals surface area contributed by atoms with Gasteiger partial charge in [0.25, 0.3) is 11.8 Å². The zero-order chi connectivity index (χ0) is 20.3. The van der Waals surface area contributed by atoms with Gasteiger partial charge in [-0.05, 0) is 61.4 Å². The number of nitrogens with two attached hydrogens (primary N) is 2. The number of benzene rings is 3. The van der Waals surface area contributed by atoms with E-state index in [1.165, 1.54) is 0 Å².